The van der Waals surface area contributed by atoms with E-state index in [0.717, 1.165) is 24.2 Å². The number of hydrogen-bond donors (Lipinski definition) is 1. The third-order valence-corrected chi connectivity index (χ3v) is 2.89. The summed E-state index contributed by atoms with van der Waals surface area (Å²) in [6.07, 6.45) is 1.89. The molecular weight excluding hydrogens is 158 g/mol. The number of fused-ring (bicyclic) bond motifs is 1. The number of carbonyl (C=O) groups is 2. The van der Waals surface area contributed by atoms with Crippen LogP contribution >= 0.6 is 0 Å². The number of rotatable bonds is 0. The summed E-state index contributed by atoms with van der Waals surface area (Å²) in [5.41, 5.74) is 0. The van der Waals surface area contributed by atoms with Crippen LogP contribution in [0.25, 0.3) is 0 Å². The second kappa shape index (κ2) is 2.47. The van der Waals surface area contributed by atoms with Crippen molar-refractivity contribution in [2.24, 2.45) is 11.8 Å². The van der Waals surface area contributed by atoms with Crippen molar-refractivity contribution < 1.29 is 14.7 Å². The van der Waals surface area contributed by atoms with Gasteiger partial charge in [-0.05, 0) is 18.8 Å². The maximum absolute atomic E-state index is 11.4. The first-order valence-corrected chi connectivity index (χ1v) is 4.24. The molecule has 0 aromatic rings. The van der Waals surface area contributed by atoms with E-state index >= 15 is 0 Å². The zero-order valence-corrected chi connectivity index (χ0v) is 6.69. The van der Waals surface area contributed by atoms with Gasteiger partial charge < -0.3 is 5.11 Å². The van der Waals surface area contributed by atoms with Gasteiger partial charge in [-0.2, -0.15) is 0 Å². The molecular formula is C8H11NO3. The van der Waals surface area contributed by atoms with E-state index in [1.807, 2.05) is 0 Å². The molecule has 66 valence electrons. The van der Waals surface area contributed by atoms with Crippen LogP contribution in [0.1, 0.15) is 19.3 Å². The normalized spacial score (nSPS) is 34.0. The Morgan fingerprint density at radius 3 is 2.83 bits per heavy atom. The summed E-state index contributed by atoms with van der Waals surface area (Å²) in [6.45, 7) is 0.429. The molecule has 1 N–H and O–H groups in total. The zero-order chi connectivity index (χ0) is 8.72. The largest absolute Gasteiger partial charge is 0.465 e. The number of carbonyl (C=O) groups excluding carboxylic acids is 1. The molecule has 2 aliphatic rings. The Morgan fingerprint density at radius 1 is 1.50 bits per heavy atom. The molecule has 0 aromatic carbocycles. The first-order chi connectivity index (χ1) is 5.70. The summed E-state index contributed by atoms with van der Waals surface area (Å²) < 4.78 is 0. The van der Waals surface area contributed by atoms with Crippen LogP contribution < -0.4 is 0 Å². The fourth-order valence-electron chi connectivity index (χ4n) is 2.28. The Kier molecular flexibility index (Phi) is 1.56. The average molecular weight is 169 g/mol. The lowest BCUT2D eigenvalue weighted by Gasteiger charge is -2.09. The van der Waals surface area contributed by atoms with Gasteiger partial charge in [-0.25, -0.2) is 9.69 Å². The molecule has 1 saturated heterocycles. The molecule has 1 heterocycles. The van der Waals surface area contributed by atoms with E-state index in [2.05, 4.69) is 0 Å². The van der Waals surface area contributed by atoms with Crippen LogP contribution in [0.2, 0.25) is 0 Å². The Morgan fingerprint density at radius 2 is 2.25 bits per heavy atom. The smallest absolute Gasteiger partial charge is 0.414 e. The van der Waals surface area contributed by atoms with Crippen molar-refractivity contribution in [1.82, 2.24) is 4.90 Å². The summed E-state index contributed by atoms with van der Waals surface area (Å²) in [5, 5.41) is 8.64. The van der Waals surface area contributed by atoms with E-state index in [4.69, 9.17) is 5.11 Å². The van der Waals surface area contributed by atoms with Gasteiger partial charge in [0.1, 0.15) is 0 Å². The SMILES string of the molecule is O=C(O)N1CC2CCCC2C1=O. The lowest BCUT2D eigenvalue weighted by atomic mass is 10.0. The fraction of sp³-hybridized carbons (Fsp3) is 0.750. The van der Waals surface area contributed by atoms with E-state index in [-0.39, 0.29) is 11.8 Å². The molecule has 0 radical (unpaired) electrons. The number of amides is 2. The molecule has 1 aliphatic heterocycles. The second-order valence-corrected chi connectivity index (χ2v) is 3.53. The van der Waals surface area contributed by atoms with Crippen LogP contribution in [0, 0.1) is 11.8 Å². The lowest BCUT2D eigenvalue weighted by Crippen LogP contribution is -2.32. The van der Waals surface area contributed by atoms with Crippen LogP contribution in [-0.2, 0) is 4.79 Å². The molecule has 12 heavy (non-hydrogen) atoms. The molecule has 0 aromatic heterocycles. The van der Waals surface area contributed by atoms with Crippen molar-refractivity contribution in [1.29, 1.82) is 0 Å². The maximum Gasteiger partial charge on any atom is 0.414 e. The molecule has 4 heteroatoms. The number of nitrogens with zero attached hydrogens (tertiary/aromatic N) is 1. The molecule has 2 rings (SSSR count). The zero-order valence-electron chi connectivity index (χ0n) is 6.69. The monoisotopic (exact) mass is 169 g/mol. The van der Waals surface area contributed by atoms with Gasteiger partial charge in [0.2, 0.25) is 5.91 Å². The molecule has 0 spiro atoms. The van der Waals surface area contributed by atoms with Gasteiger partial charge in [0, 0.05) is 12.5 Å². The van der Waals surface area contributed by atoms with Crippen molar-refractivity contribution >= 4 is 12.0 Å². The number of imide groups is 1. The molecule has 2 fully saturated rings. The van der Waals surface area contributed by atoms with Gasteiger partial charge in [0.25, 0.3) is 0 Å². The predicted molar refractivity (Wildman–Crippen MR) is 40.6 cm³/mol. The first-order valence-electron chi connectivity index (χ1n) is 4.24. The number of likely N-dealkylation sites (tertiary alicyclic amines) is 1. The summed E-state index contributed by atoms with van der Waals surface area (Å²) in [6, 6.07) is 0. The van der Waals surface area contributed by atoms with Crippen molar-refractivity contribution in [3.05, 3.63) is 0 Å². The van der Waals surface area contributed by atoms with Crippen LogP contribution in [0.4, 0.5) is 4.79 Å². The average Bonchev–Trinajstić information content (AvgIpc) is 2.53. The minimum Gasteiger partial charge on any atom is -0.465 e. The molecule has 0 bridgehead atoms. The standard InChI is InChI=1S/C8H11NO3/c10-7-6-3-1-2-5(6)4-9(7)8(11)12/h5-6H,1-4H2,(H,11,12). The molecule has 1 aliphatic carbocycles. The lowest BCUT2D eigenvalue weighted by molar-refractivity contribution is -0.129. The predicted octanol–water partition coefficient (Wildman–Crippen LogP) is 0.923. The van der Waals surface area contributed by atoms with Crippen LogP contribution in [-0.4, -0.2) is 28.6 Å². The topological polar surface area (TPSA) is 57.6 Å². The highest BCUT2D eigenvalue weighted by atomic mass is 16.4. The first kappa shape index (κ1) is 7.58. The van der Waals surface area contributed by atoms with Crippen LogP contribution in [0.15, 0.2) is 0 Å². The van der Waals surface area contributed by atoms with Crippen molar-refractivity contribution in [2.75, 3.05) is 6.54 Å². The fourth-order valence-corrected chi connectivity index (χ4v) is 2.28. The van der Waals surface area contributed by atoms with Crippen molar-refractivity contribution in [3.8, 4) is 0 Å². The van der Waals surface area contributed by atoms with Gasteiger partial charge >= 0.3 is 6.09 Å². The maximum atomic E-state index is 11.4. The van der Waals surface area contributed by atoms with Crippen LogP contribution in [0.5, 0.6) is 0 Å². The Bertz CT molecular complexity index is 238. The van der Waals surface area contributed by atoms with Crippen molar-refractivity contribution in [2.45, 2.75) is 19.3 Å². The molecule has 4 nitrogen and oxygen atoms in total. The second-order valence-electron chi connectivity index (χ2n) is 3.53. The quantitative estimate of drug-likeness (QED) is 0.586. The number of hydrogen-bond acceptors (Lipinski definition) is 2. The molecule has 2 atom stereocenters. The van der Waals surface area contributed by atoms with Gasteiger partial charge in [-0.1, -0.05) is 6.42 Å². The third-order valence-electron chi connectivity index (χ3n) is 2.89. The van der Waals surface area contributed by atoms with Gasteiger partial charge in [-0.3, -0.25) is 4.79 Å². The highest BCUT2D eigenvalue weighted by Gasteiger charge is 2.45. The summed E-state index contributed by atoms with van der Waals surface area (Å²) in [7, 11) is 0. The highest BCUT2D eigenvalue weighted by Crippen LogP contribution is 2.38. The van der Waals surface area contributed by atoms with E-state index in [1.54, 1.807) is 0 Å². The van der Waals surface area contributed by atoms with E-state index in [9.17, 15) is 9.59 Å². The van der Waals surface area contributed by atoms with Crippen LogP contribution in [0.3, 0.4) is 0 Å². The molecule has 2 amide bonds. The molecule has 2 unspecified atom stereocenters. The Hall–Kier alpha value is -1.06. The highest BCUT2D eigenvalue weighted by molar-refractivity contribution is 5.94. The van der Waals surface area contributed by atoms with Gasteiger partial charge in [0.15, 0.2) is 0 Å². The molecule has 1 saturated carbocycles. The summed E-state index contributed by atoms with van der Waals surface area (Å²) in [4.78, 5) is 22.9. The summed E-state index contributed by atoms with van der Waals surface area (Å²) >= 11 is 0. The van der Waals surface area contributed by atoms with E-state index in [0.29, 0.717) is 12.5 Å². The third kappa shape index (κ3) is 0.906. The van der Waals surface area contributed by atoms with Crippen molar-refractivity contribution in [3.63, 3.8) is 0 Å². The Labute approximate surface area is 70.2 Å². The minimum atomic E-state index is -1.09. The van der Waals surface area contributed by atoms with E-state index < -0.39 is 6.09 Å². The number of carboxylic acid groups (broad SMARTS) is 1. The Balaban J connectivity index is 2.16. The van der Waals surface area contributed by atoms with E-state index in [1.165, 1.54) is 0 Å². The van der Waals surface area contributed by atoms with Gasteiger partial charge in [0.05, 0.1) is 0 Å². The van der Waals surface area contributed by atoms with Gasteiger partial charge in [-0.15, -0.1) is 0 Å². The minimum absolute atomic E-state index is 0.0149. The summed E-state index contributed by atoms with van der Waals surface area (Å²) in [5.74, 6) is 0.152.